The first-order valence-electron chi connectivity index (χ1n) is 10.5. The highest BCUT2D eigenvalue weighted by Gasteiger charge is 2.57. The van der Waals surface area contributed by atoms with Crippen LogP contribution in [0, 0.1) is 17.8 Å². The highest BCUT2D eigenvalue weighted by atomic mass is 32.2. The Morgan fingerprint density at radius 1 is 1.53 bits per heavy atom. The molecule has 2 fully saturated rings. The molecule has 2 amide bonds. The molecule has 2 unspecified atom stereocenters. The zero-order valence-corrected chi connectivity index (χ0v) is 21.3. The number of tetrazole rings is 1. The molecule has 190 valence electrons. The largest absolute Gasteiger partial charge is 0.481 e. The number of carboxylic acids is 1. The molecule has 0 aliphatic carbocycles. The number of thiazole rings is 1. The number of carbonyl (C=O) groups is 3. The Labute approximate surface area is 217 Å². The van der Waals surface area contributed by atoms with Crippen LogP contribution < -0.4 is 11.1 Å². The third-order valence-electron chi connectivity index (χ3n) is 5.37. The van der Waals surface area contributed by atoms with Crippen molar-refractivity contribution in [2.45, 2.75) is 30.0 Å². The molecule has 0 aromatic carbocycles. The molecule has 2 aromatic rings. The molecule has 14 nitrogen and oxygen atoms in total. The molecule has 2 aliphatic rings. The number of carboxylic acid groups (broad SMARTS) is 1. The van der Waals surface area contributed by atoms with Crippen LogP contribution in [0.2, 0.25) is 0 Å². The molecular formula is C19H21N9O5S3. The predicted molar refractivity (Wildman–Crippen MR) is 132 cm³/mol. The number of hydrogen-bond acceptors (Lipinski definition) is 13. The van der Waals surface area contributed by atoms with Crippen LogP contribution in [0.1, 0.15) is 12.6 Å². The van der Waals surface area contributed by atoms with Gasteiger partial charge in [-0.2, -0.15) is 0 Å². The first-order chi connectivity index (χ1) is 17.3. The van der Waals surface area contributed by atoms with Crippen LogP contribution in [-0.4, -0.2) is 94.8 Å². The van der Waals surface area contributed by atoms with E-state index in [1.807, 2.05) is 0 Å². The molecule has 0 bridgehead atoms. The number of aliphatic carboxylic acids is 1. The van der Waals surface area contributed by atoms with Crippen LogP contribution in [0.3, 0.4) is 0 Å². The summed E-state index contributed by atoms with van der Waals surface area (Å²) in [6, 6.07) is -0.840. The summed E-state index contributed by atoms with van der Waals surface area (Å²) in [5, 5.41) is 29.6. The van der Waals surface area contributed by atoms with Crippen molar-refractivity contribution in [2.75, 3.05) is 30.4 Å². The molecule has 4 rings (SSSR count). The minimum Gasteiger partial charge on any atom is -0.481 e. The Morgan fingerprint density at radius 3 is 3.00 bits per heavy atom. The van der Waals surface area contributed by atoms with Crippen LogP contribution in [0.5, 0.6) is 0 Å². The van der Waals surface area contributed by atoms with Crippen molar-refractivity contribution in [1.29, 1.82) is 0 Å². The van der Waals surface area contributed by atoms with Crippen LogP contribution >= 0.6 is 34.9 Å². The summed E-state index contributed by atoms with van der Waals surface area (Å²) in [4.78, 5) is 48.7. The number of hydrogen-bond donors (Lipinski definition) is 3. The molecule has 2 aromatic heterocycles. The molecule has 0 spiro atoms. The number of thioether (sulfide) groups is 2. The highest BCUT2D eigenvalue weighted by Crippen LogP contribution is 2.44. The summed E-state index contributed by atoms with van der Waals surface area (Å²) in [5.74, 6) is 0.715. The van der Waals surface area contributed by atoms with Gasteiger partial charge in [0, 0.05) is 23.4 Å². The van der Waals surface area contributed by atoms with Crippen LogP contribution in [0.4, 0.5) is 5.13 Å². The lowest BCUT2D eigenvalue weighted by atomic mass is 9.89. The van der Waals surface area contributed by atoms with E-state index in [0.717, 1.165) is 23.1 Å². The third-order valence-corrected chi connectivity index (χ3v) is 8.88. The van der Waals surface area contributed by atoms with Crippen molar-refractivity contribution in [1.82, 2.24) is 35.4 Å². The fourth-order valence-corrected chi connectivity index (χ4v) is 6.82. The van der Waals surface area contributed by atoms with Gasteiger partial charge in [-0.05, 0) is 17.4 Å². The number of amides is 2. The van der Waals surface area contributed by atoms with E-state index in [4.69, 9.17) is 17.0 Å². The molecular weight excluding hydrogens is 530 g/mol. The first-order valence-corrected chi connectivity index (χ1v) is 13.4. The van der Waals surface area contributed by atoms with Gasteiger partial charge in [0.15, 0.2) is 10.8 Å². The van der Waals surface area contributed by atoms with Crippen molar-refractivity contribution in [3.05, 3.63) is 11.1 Å². The Hall–Kier alpha value is -3.36. The average molecular weight is 552 g/mol. The van der Waals surface area contributed by atoms with Gasteiger partial charge in [0.25, 0.3) is 5.91 Å². The summed E-state index contributed by atoms with van der Waals surface area (Å²) < 4.78 is 1.40. The van der Waals surface area contributed by atoms with Crippen molar-refractivity contribution in [2.24, 2.45) is 10.6 Å². The van der Waals surface area contributed by atoms with E-state index in [0.29, 0.717) is 5.16 Å². The maximum atomic E-state index is 12.9. The fraction of sp³-hybridized carbons (Fsp3) is 0.474. The van der Waals surface area contributed by atoms with Crippen LogP contribution in [0.15, 0.2) is 15.7 Å². The Kier molecular flexibility index (Phi) is 7.66. The van der Waals surface area contributed by atoms with Crippen LogP contribution in [-0.2, 0) is 25.8 Å². The number of fused-ring (bicyclic) bond motifs is 1. The summed E-state index contributed by atoms with van der Waals surface area (Å²) >= 11 is 3.59. The molecule has 4 heterocycles. The SMILES string of the molecule is C#CCn1nnnc1SCC1(C(=O)O)CS[C@@H]2C(NC(=O)C(=NOCC)c3csc(N)n3)C(=O)N2C1. The maximum Gasteiger partial charge on any atom is 0.313 e. The molecule has 17 heteroatoms. The third kappa shape index (κ3) is 4.96. The molecule has 0 radical (unpaired) electrons. The fourth-order valence-electron chi connectivity index (χ4n) is 3.53. The van der Waals surface area contributed by atoms with Gasteiger partial charge in [-0.25, -0.2) is 9.67 Å². The minimum atomic E-state index is -1.23. The van der Waals surface area contributed by atoms with E-state index < -0.39 is 28.7 Å². The summed E-state index contributed by atoms with van der Waals surface area (Å²) in [5.41, 5.74) is 4.57. The number of rotatable bonds is 10. The van der Waals surface area contributed by atoms with E-state index in [1.54, 1.807) is 12.3 Å². The van der Waals surface area contributed by atoms with E-state index in [1.165, 1.54) is 21.3 Å². The van der Waals surface area contributed by atoms with Gasteiger partial charge in [-0.1, -0.05) is 22.8 Å². The Morgan fingerprint density at radius 2 is 2.33 bits per heavy atom. The van der Waals surface area contributed by atoms with Gasteiger partial charge in [0.2, 0.25) is 11.1 Å². The predicted octanol–water partition coefficient (Wildman–Crippen LogP) is -0.651. The van der Waals surface area contributed by atoms with E-state index >= 15 is 0 Å². The summed E-state index contributed by atoms with van der Waals surface area (Å²) in [6.45, 7) is 2.08. The zero-order valence-electron chi connectivity index (χ0n) is 18.9. The topological polar surface area (TPSA) is 191 Å². The Balaban J connectivity index is 1.43. The number of terminal acetylenes is 1. The van der Waals surface area contributed by atoms with Gasteiger partial charge in [-0.15, -0.1) is 34.6 Å². The molecule has 0 saturated carbocycles. The lowest BCUT2D eigenvalue weighted by Gasteiger charge is -2.53. The molecule has 4 N–H and O–H groups in total. The van der Waals surface area contributed by atoms with Gasteiger partial charge in [0.05, 0.1) is 0 Å². The second kappa shape index (κ2) is 10.7. The lowest BCUT2D eigenvalue weighted by Crippen LogP contribution is -2.74. The number of nitrogens with zero attached hydrogens (tertiary/aromatic N) is 7. The van der Waals surface area contributed by atoms with Crippen LogP contribution in [0.25, 0.3) is 0 Å². The minimum absolute atomic E-state index is 0.0164. The Bertz CT molecular complexity index is 1240. The zero-order chi connectivity index (χ0) is 25.9. The van der Waals surface area contributed by atoms with Crippen molar-refractivity contribution in [3.8, 4) is 12.3 Å². The highest BCUT2D eigenvalue weighted by molar-refractivity contribution is 8.00. The molecule has 2 saturated heterocycles. The van der Waals surface area contributed by atoms with E-state index in [-0.39, 0.29) is 53.6 Å². The second-order valence-corrected chi connectivity index (χ2v) is 10.7. The quantitative estimate of drug-likeness (QED) is 0.111. The second-order valence-electron chi connectivity index (χ2n) is 7.74. The lowest BCUT2D eigenvalue weighted by molar-refractivity contribution is -0.157. The van der Waals surface area contributed by atoms with Crippen molar-refractivity contribution in [3.63, 3.8) is 0 Å². The number of anilines is 1. The number of oxime groups is 1. The number of carbonyl (C=O) groups excluding carboxylic acids is 2. The number of nitrogen functional groups attached to an aromatic ring is 1. The molecule has 36 heavy (non-hydrogen) atoms. The van der Waals surface area contributed by atoms with Gasteiger partial charge < -0.3 is 25.9 Å². The molecule has 3 atom stereocenters. The monoisotopic (exact) mass is 551 g/mol. The smallest absolute Gasteiger partial charge is 0.313 e. The van der Waals surface area contributed by atoms with E-state index in [2.05, 4.69) is 36.9 Å². The van der Waals surface area contributed by atoms with Crippen molar-refractivity contribution >= 4 is 63.5 Å². The first kappa shape index (κ1) is 25.7. The number of β-lactam (4-membered cyclic amide) rings is 1. The van der Waals surface area contributed by atoms with Gasteiger partial charge >= 0.3 is 5.97 Å². The summed E-state index contributed by atoms with van der Waals surface area (Å²) in [7, 11) is 0. The number of aromatic nitrogens is 5. The van der Waals surface area contributed by atoms with Gasteiger partial charge in [0.1, 0.15) is 35.7 Å². The van der Waals surface area contributed by atoms with Gasteiger partial charge in [-0.3, -0.25) is 14.4 Å². The maximum absolute atomic E-state index is 12.9. The normalized spacial score (nSPS) is 23.4. The number of nitrogens with one attached hydrogen (secondary N) is 1. The van der Waals surface area contributed by atoms with Crippen molar-refractivity contribution < 1.29 is 24.3 Å². The summed E-state index contributed by atoms with van der Waals surface area (Å²) in [6.07, 6.45) is 5.31. The molecule has 2 aliphatic heterocycles. The van der Waals surface area contributed by atoms with E-state index in [9.17, 15) is 19.5 Å². The standard InChI is InChI=1S/C19H21N9O5S3/c1-3-5-28-18(23-25-26-28)36-9-19(16(31)32)7-27-14(30)12(15(27)35-8-19)22-13(29)11(24-33-4-2)10-6-34-17(20)21-10/h1,6,12,15H,4-5,7-9H2,2H3,(H2,20,21)(H,22,29)(H,31,32)/t12?,15-,19?/m1/s1. The average Bonchev–Trinajstić information content (AvgIpc) is 3.50. The number of nitrogens with two attached hydrogens (primary N) is 1.